The van der Waals surface area contributed by atoms with Gasteiger partial charge in [0.2, 0.25) is 5.91 Å². The second-order valence-corrected chi connectivity index (χ2v) is 2.73. The number of ether oxygens (including phenoxy) is 1. The van der Waals surface area contributed by atoms with E-state index in [2.05, 4.69) is 6.92 Å². The van der Waals surface area contributed by atoms with Crippen LogP contribution in [0.2, 0.25) is 0 Å². The molecule has 3 heteroatoms. The van der Waals surface area contributed by atoms with Crippen LogP contribution in [0.3, 0.4) is 0 Å². The number of amides is 1. The molecule has 0 aliphatic carbocycles. The Morgan fingerprint density at radius 2 is 2.27 bits per heavy atom. The molecule has 66 valence electrons. The maximum Gasteiger partial charge on any atom is 0.222 e. The van der Waals surface area contributed by atoms with Gasteiger partial charge in [0.25, 0.3) is 0 Å². The molecule has 0 saturated carbocycles. The highest BCUT2D eigenvalue weighted by Crippen LogP contribution is 1.95. The number of hydrogen-bond acceptors (Lipinski definition) is 2. The highest BCUT2D eigenvalue weighted by Gasteiger charge is 2.07. The molecule has 0 spiro atoms. The van der Waals surface area contributed by atoms with Crippen LogP contribution in [-0.2, 0) is 9.53 Å². The van der Waals surface area contributed by atoms with Crippen LogP contribution < -0.4 is 5.73 Å². The molecule has 1 atom stereocenters. The van der Waals surface area contributed by atoms with E-state index in [9.17, 15) is 4.79 Å². The summed E-state index contributed by atoms with van der Waals surface area (Å²) >= 11 is 0. The van der Waals surface area contributed by atoms with Crippen LogP contribution in [0, 0.1) is 5.92 Å². The van der Waals surface area contributed by atoms with Gasteiger partial charge in [-0.15, -0.1) is 0 Å². The quantitative estimate of drug-likeness (QED) is 0.586. The number of carbonyl (C=O) groups is 1. The Hall–Kier alpha value is -0.570. The van der Waals surface area contributed by atoms with Gasteiger partial charge in [0, 0.05) is 6.61 Å². The molecule has 0 aliphatic heterocycles. The third-order valence-electron chi connectivity index (χ3n) is 1.50. The fourth-order valence-corrected chi connectivity index (χ4v) is 0.589. The van der Waals surface area contributed by atoms with Crippen LogP contribution in [0.15, 0.2) is 0 Å². The molecule has 0 heterocycles. The van der Waals surface area contributed by atoms with Gasteiger partial charge in [-0.3, -0.25) is 4.79 Å². The van der Waals surface area contributed by atoms with Crippen LogP contribution in [0.5, 0.6) is 0 Å². The minimum Gasteiger partial charge on any atom is -0.381 e. The molecule has 3 nitrogen and oxygen atoms in total. The van der Waals surface area contributed by atoms with E-state index < -0.39 is 0 Å². The smallest absolute Gasteiger partial charge is 0.222 e. The number of nitrogens with two attached hydrogens (primary N) is 1. The maximum atomic E-state index is 10.5. The molecule has 0 radical (unpaired) electrons. The third-order valence-corrected chi connectivity index (χ3v) is 1.50. The third kappa shape index (κ3) is 5.85. The van der Waals surface area contributed by atoms with Crippen LogP contribution >= 0.6 is 0 Å². The number of rotatable bonds is 6. The Balaban J connectivity index is 3.17. The first-order chi connectivity index (χ1) is 5.18. The predicted molar refractivity (Wildman–Crippen MR) is 44.1 cm³/mol. The minimum atomic E-state index is -0.290. The van der Waals surface area contributed by atoms with Gasteiger partial charge in [-0.2, -0.15) is 0 Å². The lowest BCUT2D eigenvalue weighted by molar-refractivity contribution is -0.123. The fourth-order valence-electron chi connectivity index (χ4n) is 0.589. The molecular weight excluding hydrogens is 142 g/mol. The van der Waals surface area contributed by atoms with Crippen molar-refractivity contribution >= 4 is 5.91 Å². The Bertz CT molecular complexity index is 115. The highest BCUT2D eigenvalue weighted by atomic mass is 16.5. The minimum absolute atomic E-state index is 0.160. The Labute approximate surface area is 67.9 Å². The van der Waals surface area contributed by atoms with Gasteiger partial charge in [-0.1, -0.05) is 20.3 Å². The molecular formula is C8H17NO2. The summed E-state index contributed by atoms with van der Waals surface area (Å²) in [5, 5.41) is 0. The first-order valence-corrected chi connectivity index (χ1v) is 4.05. The maximum absolute atomic E-state index is 10.5. The summed E-state index contributed by atoms with van der Waals surface area (Å²) in [7, 11) is 0. The Morgan fingerprint density at radius 1 is 1.64 bits per heavy atom. The summed E-state index contributed by atoms with van der Waals surface area (Å²) < 4.78 is 5.20. The molecule has 1 unspecified atom stereocenters. The molecule has 0 saturated heterocycles. The summed E-state index contributed by atoms with van der Waals surface area (Å²) in [4.78, 5) is 10.5. The second-order valence-electron chi connectivity index (χ2n) is 2.73. The van der Waals surface area contributed by atoms with E-state index in [4.69, 9.17) is 10.5 Å². The highest BCUT2D eigenvalue weighted by molar-refractivity contribution is 5.76. The van der Waals surface area contributed by atoms with Crippen molar-refractivity contribution < 1.29 is 9.53 Å². The molecule has 0 fully saturated rings. The lowest BCUT2D eigenvalue weighted by Crippen LogP contribution is -2.24. The zero-order chi connectivity index (χ0) is 8.69. The van der Waals surface area contributed by atoms with E-state index in [0.29, 0.717) is 6.61 Å². The zero-order valence-corrected chi connectivity index (χ0v) is 7.30. The van der Waals surface area contributed by atoms with Crippen LogP contribution in [0.4, 0.5) is 0 Å². The van der Waals surface area contributed by atoms with Crippen molar-refractivity contribution in [2.45, 2.75) is 26.7 Å². The van der Waals surface area contributed by atoms with Gasteiger partial charge in [0.05, 0.1) is 12.5 Å². The van der Waals surface area contributed by atoms with Crippen molar-refractivity contribution in [3.05, 3.63) is 0 Å². The van der Waals surface area contributed by atoms with Gasteiger partial charge >= 0.3 is 0 Å². The molecule has 11 heavy (non-hydrogen) atoms. The number of primary amides is 1. The Morgan fingerprint density at radius 3 is 2.73 bits per heavy atom. The molecule has 0 aromatic carbocycles. The van der Waals surface area contributed by atoms with Crippen molar-refractivity contribution in [3.8, 4) is 0 Å². The molecule has 0 aliphatic rings. The van der Waals surface area contributed by atoms with E-state index in [1.165, 1.54) is 0 Å². The van der Waals surface area contributed by atoms with Gasteiger partial charge < -0.3 is 10.5 Å². The molecule has 0 bridgehead atoms. The lowest BCUT2D eigenvalue weighted by atomic mass is 10.2. The van der Waals surface area contributed by atoms with Gasteiger partial charge in [-0.25, -0.2) is 0 Å². The van der Waals surface area contributed by atoms with E-state index in [1.807, 2.05) is 0 Å². The van der Waals surface area contributed by atoms with Crippen molar-refractivity contribution in [3.63, 3.8) is 0 Å². The topological polar surface area (TPSA) is 52.3 Å². The van der Waals surface area contributed by atoms with Crippen LogP contribution in [-0.4, -0.2) is 19.1 Å². The predicted octanol–water partition coefficient (Wildman–Crippen LogP) is 0.924. The van der Waals surface area contributed by atoms with E-state index in [1.54, 1.807) is 6.92 Å². The number of unbranched alkanes of at least 4 members (excludes halogenated alkanes) is 1. The normalized spacial score (nSPS) is 12.9. The summed E-state index contributed by atoms with van der Waals surface area (Å²) in [5.41, 5.74) is 5.03. The first kappa shape index (κ1) is 10.4. The second kappa shape index (κ2) is 6.16. The first-order valence-electron chi connectivity index (χ1n) is 4.05. The zero-order valence-electron chi connectivity index (χ0n) is 7.30. The monoisotopic (exact) mass is 159 g/mol. The molecule has 1 amide bonds. The number of hydrogen-bond donors (Lipinski definition) is 1. The molecule has 0 rings (SSSR count). The van der Waals surface area contributed by atoms with Crippen LogP contribution in [0.1, 0.15) is 26.7 Å². The molecule has 0 aromatic rings. The summed E-state index contributed by atoms with van der Waals surface area (Å²) in [5.74, 6) is -0.451. The van der Waals surface area contributed by atoms with Crippen molar-refractivity contribution in [2.24, 2.45) is 11.7 Å². The molecule has 2 N–H and O–H groups in total. The Kier molecular flexibility index (Phi) is 5.84. The van der Waals surface area contributed by atoms with Crippen molar-refractivity contribution in [1.29, 1.82) is 0 Å². The van der Waals surface area contributed by atoms with Crippen molar-refractivity contribution in [2.75, 3.05) is 13.2 Å². The lowest BCUT2D eigenvalue weighted by Gasteiger charge is -2.06. The van der Waals surface area contributed by atoms with Crippen LogP contribution in [0.25, 0.3) is 0 Å². The average Bonchev–Trinajstić information content (AvgIpc) is 1.97. The van der Waals surface area contributed by atoms with Crippen molar-refractivity contribution in [1.82, 2.24) is 0 Å². The average molecular weight is 159 g/mol. The van der Waals surface area contributed by atoms with E-state index >= 15 is 0 Å². The van der Waals surface area contributed by atoms with Gasteiger partial charge in [0.1, 0.15) is 0 Å². The summed E-state index contributed by atoms with van der Waals surface area (Å²) in [6.45, 7) is 5.05. The van der Waals surface area contributed by atoms with E-state index in [0.717, 1.165) is 19.4 Å². The number of carbonyl (C=O) groups excluding carboxylic acids is 1. The standard InChI is InChI=1S/C8H17NO2/c1-3-4-5-11-6-7(2)8(9)10/h7H,3-6H2,1-2H3,(H2,9,10). The molecule has 0 aromatic heterocycles. The summed E-state index contributed by atoms with van der Waals surface area (Å²) in [6, 6.07) is 0. The largest absolute Gasteiger partial charge is 0.381 e. The van der Waals surface area contributed by atoms with Gasteiger partial charge in [0.15, 0.2) is 0 Å². The fraction of sp³-hybridized carbons (Fsp3) is 0.875. The SMILES string of the molecule is CCCCOCC(C)C(N)=O. The van der Waals surface area contributed by atoms with E-state index in [-0.39, 0.29) is 11.8 Å². The summed E-state index contributed by atoms with van der Waals surface area (Å²) in [6.07, 6.45) is 2.16. The van der Waals surface area contributed by atoms with Gasteiger partial charge in [-0.05, 0) is 6.42 Å².